The molecule has 0 saturated heterocycles. The average Bonchev–Trinajstić information content (AvgIpc) is 3.05. The van der Waals surface area contributed by atoms with E-state index in [1.807, 2.05) is 28.0 Å². The summed E-state index contributed by atoms with van der Waals surface area (Å²) in [6, 6.07) is 4.06. The van der Waals surface area contributed by atoms with E-state index in [4.69, 9.17) is 9.47 Å². The van der Waals surface area contributed by atoms with E-state index in [-0.39, 0.29) is 11.6 Å². The van der Waals surface area contributed by atoms with Crippen LogP contribution in [0.1, 0.15) is 24.9 Å². The molecule has 0 N–H and O–H groups in total. The molecule has 0 saturated carbocycles. The van der Waals surface area contributed by atoms with Crippen LogP contribution in [0.25, 0.3) is 0 Å². The number of anilines is 2. The van der Waals surface area contributed by atoms with E-state index < -0.39 is 0 Å². The molecule has 2 heterocycles. The number of methoxy groups -OCH3 is 2. The lowest BCUT2D eigenvalue weighted by atomic mass is 9.91. The van der Waals surface area contributed by atoms with Gasteiger partial charge in [0.15, 0.2) is 13.7 Å². The van der Waals surface area contributed by atoms with Crippen molar-refractivity contribution in [3.8, 4) is 5.75 Å². The molecule has 0 fully saturated rings. The van der Waals surface area contributed by atoms with Crippen LogP contribution < -0.4 is 26.3 Å². The van der Waals surface area contributed by atoms with E-state index in [2.05, 4.69) is 22.9 Å². The summed E-state index contributed by atoms with van der Waals surface area (Å²) < 4.78 is 12.5. The summed E-state index contributed by atoms with van der Waals surface area (Å²) in [5.74, 6) is 1.34. The number of nitrogens with zero attached hydrogens (tertiary/aromatic N) is 3. The molecule has 0 radical (unpaired) electrons. The van der Waals surface area contributed by atoms with Gasteiger partial charge in [0.05, 0.1) is 19.8 Å². The molecule has 0 spiro atoms. The Hall–Kier alpha value is -2.21. The fraction of sp³-hybridized carbons (Fsp3) is 0.444. The molecule has 1 aliphatic heterocycles. The van der Waals surface area contributed by atoms with E-state index >= 15 is 0 Å². The number of benzene rings is 1. The SMILES string of the molecule is Bc1cn([C@H](CC)COC)c(=O)c(N2CCc3cc(OC)cc(B)c32)n1. The van der Waals surface area contributed by atoms with Crippen LogP contribution in [0.15, 0.2) is 23.1 Å². The highest BCUT2D eigenvalue weighted by molar-refractivity contribution is 6.36. The summed E-state index contributed by atoms with van der Waals surface area (Å²) in [6.45, 7) is 3.31. The maximum absolute atomic E-state index is 13.2. The van der Waals surface area contributed by atoms with Crippen LogP contribution in [0.4, 0.5) is 11.5 Å². The van der Waals surface area contributed by atoms with Crippen LogP contribution in [0.2, 0.25) is 0 Å². The van der Waals surface area contributed by atoms with E-state index in [9.17, 15) is 4.79 Å². The van der Waals surface area contributed by atoms with E-state index in [1.54, 1.807) is 18.8 Å². The zero-order valence-corrected chi connectivity index (χ0v) is 16.2. The standard InChI is InChI=1S/C18H25B2N3O3/c1-4-12(10-25-2)23-9-15(20)21-17(18(23)24)22-6-5-11-7-13(26-3)8-14(19)16(11)22/h7-9,12H,4-6,10,19-20H2,1-3H3/t12-/m1/s1. The van der Waals surface area contributed by atoms with Crippen molar-refractivity contribution in [3.63, 3.8) is 0 Å². The van der Waals surface area contributed by atoms with Crippen LogP contribution in [0.3, 0.4) is 0 Å². The van der Waals surface area contributed by atoms with Crippen molar-refractivity contribution in [1.29, 1.82) is 0 Å². The lowest BCUT2D eigenvalue weighted by Crippen LogP contribution is -2.37. The monoisotopic (exact) mass is 353 g/mol. The number of ether oxygens (including phenoxy) is 2. The Bertz CT molecular complexity index is 869. The third-order valence-corrected chi connectivity index (χ3v) is 4.98. The molecule has 0 amide bonds. The Kier molecular flexibility index (Phi) is 5.41. The molecular formula is C18H25B2N3O3. The van der Waals surface area contributed by atoms with Crippen molar-refractivity contribution in [1.82, 2.24) is 9.55 Å². The molecule has 0 bridgehead atoms. The molecule has 1 aromatic heterocycles. The van der Waals surface area contributed by atoms with Crippen molar-refractivity contribution in [2.24, 2.45) is 0 Å². The molecule has 1 atom stereocenters. The molecule has 6 nitrogen and oxygen atoms in total. The van der Waals surface area contributed by atoms with Crippen LogP contribution in [-0.2, 0) is 11.2 Å². The predicted octanol–water partition coefficient (Wildman–Crippen LogP) is -0.940. The second kappa shape index (κ2) is 7.58. The third kappa shape index (κ3) is 3.26. The summed E-state index contributed by atoms with van der Waals surface area (Å²) in [7, 11) is 7.32. The van der Waals surface area contributed by atoms with Gasteiger partial charge in [-0.3, -0.25) is 4.79 Å². The minimum absolute atomic E-state index is 0.00647. The molecule has 8 heteroatoms. The number of fused-ring (bicyclic) bond motifs is 1. The largest absolute Gasteiger partial charge is 0.497 e. The molecule has 26 heavy (non-hydrogen) atoms. The topological polar surface area (TPSA) is 56.6 Å². The van der Waals surface area contributed by atoms with Crippen molar-refractivity contribution in [2.45, 2.75) is 25.8 Å². The molecule has 0 unspecified atom stereocenters. The summed E-state index contributed by atoms with van der Waals surface area (Å²) in [6.07, 6.45) is 3.53. The minimum atomic E-state index is -0.0671. The Labute approximate surface area is 156 Å². The van der Waals surface area contributed by atoms with Gasteiger partial charge in [0.2, 0.25) is 0 Å². The number of hydrogen-bond acceptors (Lipinski definition) is 5. The highest BCUT2D eigenvalue weighted by Gasteiger charge is 2.27. The first-order chi connectivity index (χ1) is 12.5. The van der Waals surface area contributed by atoms with E-state index in [0.29, 0.717) is 12.4 Å². The third-order valence-electron chi connectivity index (χ3n) is 4.98. The number of hydrogen-bond donors (Lipinski definition) is 0. The second-order valence-electron chi connectivity index (χ2n) is 6.79. The summed E-state index contributed by atoms with van der Waals surface area (Å²) in [5, 5.41) is 0. The maximum Gasteiger partial charge on any atom is 0.294 e. The van der Waals surface area contributed by atoms with Gasteiger partial charge in [-0.1, -0.05) is 12.4 Å². The average molecular weight is 353 g/mol. The highest BCUT2D eigenvalue weighted by Crippen LogP contribution is 2.32. The zero-order valence-electron chi connectivity index (χ0n) is 16.2. The zero-order chi connectivity index (χ0) is 18.8. The van der Waals surface area contributed by atoms with Crippen LogP contribution in [-0.4, -0.2) is 52.6 Å². The van der Waals surface area contributed by atoms with Gasteiger partial charge in [-0.15, -0.1) is 0 Å². The van der Waals surface area contributed by atoms with Gasteiger partial charge in [-0.05, 0) is 30.5 Å². The fourth-order valence-corrected chi connectivity index (χ4v) is 3.72. The van der Waals surface area contributed by atoms with Gasteiger partial charge in [-0.2, -0.15) is 0 Å². The van der Waals surface area contributed by atoms with Gasteiger partial charge < -0.3 is 18.9 Å². The summed E-state index contributed by atoms with van der Waals surface area (Å²) >= 11 is 0. The summed E-state index contributed by atoms with van der Waals surface area (Å²) in [4.78, 5) is 19.9. The fourth-order valence-electron chi connectivity index (χ4n) is 3.72. The van der Waals surface area contributed by atoms with Crippen LogP contribution >= 0.6 is 0 Å². The predicted molar refractivity (Wildman–Crippen MR) is 110 cm³/mol. The van der Waals surface area contributed by atoms with Gasteiger partial charge in [0, 0.05) is 31.1 Å². The van der Waals surface area contributed by atoms with Gasteiger partial charge in [-0.25, -0.2) is 4.98 Å². The molecule has 0 aliphatic carbocycles. The first-order valence-electron chi connectivity index (χ1n) is 9.03. The molecule has 1 aromatic carbocycles. The van der Waals surface area contributed by atoms with E-state index in [1.165, 1.54) is 5.56 Å². The first kappa shape index (κ1) is 18.6. The van der Waals surface area contributed by atoms with Gasteiger partial charge in [0.1, 0.15) is 13.6 Å². The lowest BCUT2D eigenvalue weighted by Gasteiger charge is -2.24. The van der Waals surface area contributed by atoms with Gasteiger partial charge in [0.25, 0.3) is 5.56 Å². The smallest absolute Gasteiger partial charge is 0.294 e. The molecule has 3 rings (SSSR count). The summed E-state index contributed by atoms with van der Waals surface area (Å²) in [5.41, 5.74) is 4.12. The normalized spacial score (nSPS) is 14.3. The molecule has 1 aliphatic rings. The molecule has 2 aromatic rings. The van der Waals surface area contributed by atoms with E-state index in [0.717, 1.165) is 41.9 Å². The molecule has 136 valence electrons. The lowest BCUT2D eigenvalue weighted by molar-refractivity contribution is 0.151. The number of rotatable bonds is 6. The Morgan fingerprint density at radius 3 is 2.73 bits per heavy atom. The Morgan fingerprint density at radius 2 is 2.08 bits per heavy atom. The van der Waals surface area contributed by atoms with Crippen molar-refractivity contribution in [3.05, 3.63) is 34.2 Å². The second-order valence-corrected chi connectivity index (χ2v) is 6.79. The Morgan fingerprint density at radius 1 is 1.31 bits per heavy atom. The molecular weight excluding hydrogens is 328 g/mol. The minimum Gasteiger partial charge on any atom is -0.497 e. The van der Waals surface area contributed by atoms with Crippen molar-refractivity contribution < 1.29 is 9.47 Å². The first-order valence-corrected chi connectivity index (χ1v) is 9.03. The van der Waals surface area contributed by atoms with Crippen LogP contribution in [0.5, 0.6) is 5.75 Å². The quantitative estimate of drug-likeness (QED) is 0.628. The van der Waals surface area contributed by atoms with Gasteiger partial charge >= 0.3 is 0 Å². The highest BCUT2D eigenvalue weighted by atomic mass is 16.5. The van der Waals surface area contributed by atoms with Crippen LogP contribution in [0, 0.1) is 0 Å². The Balaban J connectivity index is 2.10. The van der Waals surface area contributed by atoms with Crippen molar-refractivity contribution >= 4 is 38.3 Å². The maximum atomic E-state index is 13.2. The van der Waals surface area contributed by atoms with Crippen molar-refractivity contribution in [2.75, 3.05) is 32.3 Å². The number of aromatic nitrogens is 2.